The van der Waals surface area contributed by atoms with Gasteiger partial charge in [-0.3, -0.25) is 9.59 Å². The van der Waals surface area contributed by atoms with Crippen LogP contribution in [0.3, 0.4) is 0 Å². The Morgan fingerprint density at radius 3 is 2.32 bits per heavy atom. The number of carbonyl (C=O) groups is 2. The maximum atomic E-state index is 12.9. The first-order valence-corrected chi connectivity index (χ1v) is 6.41. The van der Waals surface area contributed by atoms with Crippen LogP contribution in [0.1, 0.15) is 26.7 Å². The molecule has 102 valence electrons. The zero-order valence-corrected chi connectivity index (χ0v) is 11.1. The molecule has 1 N–H and O–H groups in total. The van der Waals surface area contributed by atoms with Gasteiger partial charge in [-0.2, -0.15) is 0 Å². The number of hydrogen-bond donors (Lipinski definition) is 1. The van der Waals surface area contributed by atoms with Gasteiger partial charge in [0, 0.05) is 5.69 Å². The smallest absolute Gasteiger partial charge is 0.253 e. The van der Waals surface area contributed by atoms with E-state index in [4.69, 9.17) is 0 Å². The van der Waals surface area contributed by atoms with Crippen LogP contribution in [0.15, 0.2) is 24.3 Å². The van der Waals surface area contributed by atoms with Crippen LogP contribution in [0, 0.1) is 5.82 Å². The lowest BCUT2D eigenvalue weighted by atomic mass is 9.88. The first-order chi connectivity index (χ1) is 9.02. The zero-order valence-electron chi connectivity index (χ0n) is 11.1. The first-order valence-electron chi connectivity index (χ1n) is 6.41. The molecule has 2 rings (SSSR count). The third-order valence-corrected chi connectivity index (χ3v) is 3.68. The summed E-state index contributed by atoms with van der Waals surface area (Å²) in [7, 11) is 0. The van der Waals surface area contributed by atoms with Gasteiger partial charge in [0.25, 0.3) is 5.91 Å². The van der Waals surface area contributed by atoms with E-state index in [1.807, 2.05) is 13.8 Å². The summed E-state index contributed by atoms with van der Waals surface area (Å²) >= 11 is 0. The van der Waals surface area contributed by atoms with Gasteiger partial charge in [0.1, 0.15) is 17.9 Å². The van der Waals surface area contributed by atoms with E-state index < -0.39 is 5.54 Å². The standard InChI is InChI=1S/C14H17FN2O2/c1-3-14(4-2)13(19)17(9-12(18)16-14)11-7-5-10(15)6-8-11/h5-8H,3-4,9H2,1-2H3,(H,16,18). The van der Waals surface area contributed by atoms with Crippen LogP contribution in [0.4, 0.5) is 10.1 Å². The highest BCUT2D eigenvalue weighted by molar-refractivity contribution is 6.09. The van der Waals surface area contributed by atoms with E-state index in [9.17, 15) is 14.0 Å². The Bertz CT molecular complexity index is 495. The maximum absolute atomic E-state index is 12.9. The molecule has 0 atom stereocenters. The second kappa shape index (κ2) is 4.99. The zero-order chi connectivity index (χ0) is 14.0. The summed E-state index contributed by atoms with van der Waals surface area (Å²) in [5, 5.41) is 2.79. The van der Waals surface area contributed by atoms with Crippen molar-refractivity contribution in [3.63, 3.8) is 0 Å². The quantitative estimate of drug-likeness (QED) is 0.905. The van der Waals surface area contributed by atoms with Gasteiger partial charge in [-0.25, -0.2) is 4.39 Å². The minimum atomic E-state index is -0.844. The largest absolute Gasteiger partial charge is 0.340 e. The summed E-state index contributed by atoms with van der Waals surface area (Å²) in [6, 6.07) is 5.60. The van der Waals surface area contributed by atoms with Crippen LogP contribution in [0.5, 0.6) is 0 Å². The number of rotatable bonds is 3. The third kappa shape index (κ3) is 2.32. The number of nitrogens with zero attached hydrogens (tertiary/aromatic N) is 1. The van der Waals surface area contributed by atoms with E-state index in [2.05, 4.69) is 5.32 Å². The molecule has 1 heterocycles. The molecule has 1 aromatic rings. The highest BCUT2D eigenvalue weighted by Crippen LogP contribution is 2.26. The van der Waals surface area contributed by atoms with E-state index in [0.717, 1.165) is 0 Å². The molecule has 1 fully saturated rings. The van der Waals surface area contributed by atoms with Crippen LogP contribution in [-0.4, -0.2) is 23.9 Å². The van der Waals surface area contributed by atoms with Gasteiger partial charge in [0.15, 0.2) is 0 Å². The number of benzene rings is 1. The van der Waals surface area contributed by atoms with Crippen molar-refractivity contribution >= 4 is 17.5 Å². The highest BCUT2D eigenvalue weighted by Gasteiger charge is 2.44. The molecule has 1 saturated heterocycles. The lowest BCUT2D eigenvalue weighted by molar-refractivity contribution is -0.136. The van der Waals surface area contributed by atoms with Crippen molar-refractivity contribution in [3.8, 4) is 0 Å². The minimum absolute atomic E-state index is 0.0216. The van der Waals surface area contributed by atoms with Crippen molar-refractivity contribution in [2.24, 2.45) is 0 Å². The summed E-state index contributed by atoms with van der Waals surface area (Å²) in [6.45, 7) is 3.72. The van der Waals surface area contributed by atoms with Gasteiger partial charge in [0.05, 0.1) is 0 Å². The second-order valence-electron chi connectivity index (χ2n) is 4.71. The molecule has 1 aliphatic heterocycles. The van der Waals surface area contributed by atoms with E-state index in [-0.39, 0.29) is 24.2 Å². The molecule has 0 spiro atoms. The Hall–Kier alpha value is -1.91. The molecule has 4 nitrogen and oxygen atoms in total. The number of carbonyl (C=O) groups excluding carboxylic acids is 2. The van der Waals surface area contributed by atoms with Crippen LogP contribution >= 0.6 is 0 Å². The Kier molecular flexibility index (Phi) is 3.55. The predicted octanol–water partition coefficient (Wildman–Crippen LogP) is 1.85. The number of hydrogen-bond acceptors (Lipinski definition) is 2. The summed E-state index contributed by atoms with van der Waals surface area (Å²) in [6.07, 6.45) is 1.07. The molecule has 1 aliphatic rings. The van der Waals surface area contributed by atoms with Crippen molar-refractivity contribution in [3.05, 3.63) is 30.1 Å². The Labute approximate surface area is 111 Å². The number of piperazine rings is 1. The van der Waals surface area contributed by atoms with Crippen LogP contribution < -0.4 is 10.2 Å². The molecular formula is C14H17FN2O2. The van der Waals surface area contributed by atoms with Gasteiger partial charge in [-0.1, -0.05) is 13.8 Å². The van der Waals surface area contributed by atoms with Crippen molar-refractivity contribution in [1.82, 2.24) is 5.32 Å². The molecule has 2 amide bonds. The normalized spacial score (nSPS) is 18.4. The second-order valence-corrected chi connectivity index (χ2v) is 4.71. The van der Waals surface area contributed by atoms with Crippen LogP contribution in [0.25, 0.3) is 0 Å². The van der Waals surface area contributed by atoms with Gasteiger partial charge in [-0.15, -0.1) is 0 Å². The highest BCUT2D eigenvalue weighted by atomic mass is 19.1. The Morgan fingerprint density at radius 2 is 1.79 bits per heavy atom. The molecule has 0 bridgehead atoms. The van der Waals surface area contributed by atoms with Crippen molar-refractivity contribution in [2.75, 3.05) is 11.4 Å². The Morgan fingerprint density at radius 1 is 1.21 bits per heavy atom. The summed E-state index contributed by atoms with van der Waals surface area (Å²) < 4.78 is 12.9. The van der Waals surface area contributed by atoms with Crippen molar-refractivity contribution in [2.45, 2.75) is 32.2 Å². The van der Waals surface area contributed by atoms with Crippen LogP contribution in [-0.2, 0) is 9.59 Å². The monoisotopic (exact) mass is 264 g/mol. The topological polar surface area (TPSA) is 49.4 Å². The summed E-state index contributed by atoms with van der Waals surface area (Å²) in [5.74, 6) is -0.689. The molecule has 5 heteroatoms. The minimum Gasteiger partial charge on any atom is -0.340 e. The van der Waals surface area contributed by atoms with Crippen molar-refractivity contribution < 1.29 is 14.0 Å². The average molecular weight is 264 g/mol. The third-order valence-electron chi connectivity index (χ3n) is 3.68. The molecule has 0 aromatic heterocycles. The lowest BCUT2D eigenvalue weighted by Gasteiger charge is -2.41. The molecule has 19 heavy (non-hydrogen) atoms. The molecular weight excluding hydrogens is 247 g/mol. The van der Waals surface area contributed by atoms with Gasteiger partial charge in [-0.05, 0) is 37.1 Å². The fourth-order valence-corrected chi connectivity index (χ4v) is 2.39. The Balaban J connectivity index is 2.37. The van der Waals surface area contributed by atoms with Gasteiger partial charge in [0.2, 0.25) is 5.91 Å². The van der Waals surface area contributed by atoms with E-state index >= 15 is 0 Å². The number of halogens is 1. The fourth-order valence-electron chi connectivity index (χ4n) is 2.39. The lowest BCUT2D eigenvalue weighted by Crippen LogP contribution is -2.66. The predicted molar refractivity (Wildman–Crippen MR) is 70.2 cm³/mol. The maximum Gasteiger partial charge on any atom is 0.253 e. The van der Waals surface area contributed by atoms with E-state index in [1.54, 1.807) is 0 Å². The fraction of sp³-hybridized carbons (Fsp3) is 0.429. The van der Waals surface area contributed by atoms with E-state index in [0.29, 0.717) is 18.5 Å². The van der Waals surface area contributed by atoms with Crippen molar-refractivity contribution in [1.29, 1.82) is 0 Å². The molecule has 1 aromatic carbocycles. The molecule has 0 unspecified atom stereocenters. The number of nitrogens with one attached hydrogen (secondary N) is 1. The molecule has 0 aliphatic carbocycles. The summed E-state index contributed by atoms with van der Waals surface area (Å²) in [4.78, 5) is 25.8. The molecule has 0 saturated carbocycles. The van der Waals surface area contributed by atoms with E-state index in [1.165, 1.54) is 29.2 Å². The first kappa shape index (κ1) is 13.5. The summed E-state index contributed by atoms with van der Waals surface area (Å²) in [5.41, 5.74) is -0.295. The number of anilines is 1. The van der Waals surface area contributed by atoms with Gasteiger partial charge >= 0.3 is 0 Å². The number of amides is 2. The average Bonchev–Trinajstić information content (AvgIpc) is 2.42. The van der Waals surface area contributed by atoms with Gasteiger partial charge < -0.3 is 10.2 Å². The van der Waals surface area contributed by atoms with Crippen LogP contribution in [0.2, 0.25) is 0 Å². The molecule has 0 radical (unpaired) electrons. The SMILES string of the molecule is CCC1(CC)NC(=O)CN(c2ccc(F)cc2)C1=O.